The van der Waals surface area contributed by atoms with Crippen LogP contribution >= 0.6 is 0 Å². The van der Waals surface area contributed by atoms with E-state index in [0.717, 1.165) is 64.4 Å². The first kappa shape index (κ1) is 19.2. The van der Waals surface area contributed by atoms with Gasteiger partial charge in [0, 0.05) is 29.8 Å². The van der Waals surface area contributed by atoms with E-state index in [4.69, 9.17) is 9.13 Å². The van der Waals surface area contributed by atoms with Crippen LogP contribution in [0.15, 0.2) is 22.6 Å². The maximum atomic E-state index is 12.9. The van der Waals surface area contributed by atoms with Crippen molar-refractivity contribution in [3.05, 3.63) is 29.3 Å². The van der Waals surface area contributed by atoms with Crippen LogP contribution < -0.4 is 10.2 Å². The number of benzene rings is 1. The van der Waals surface area contributed by atoms with E-state index in [1.807, 2.05) is 20.8 Å². The van der Waals surface area contributed by atoms with Gasteiger partial charge in [-0.05, 0) is 70.8 Å². The average molecular weight is 390 g/mol. The zero-order chi connectivity index (χ0) is 19.1. The Balaban J connectivity index is 1.74. The highest BCUT2D eigenvalue weighted by Gasteiger charge is 2.46. The summed E-state index contributed by atoms with van der Waals surface area (Å²) in [4.78, 5) is 2.38. The molecule has 0 bridgehead atoms. The van der Waals surface area contributed by atoms with Crippen LogP contribution in [0.25, 0.3) is 0 Å². The molecule has 1 N–H and O–H groups in total. The lowest BCUT2D eigenvalue weighted by Gasteiger charge is -2.34. The summed E-state index contributed by atoms with van der Waals surface area (Å²) in [5, 5.41) is 3.48. The molecule has 0 saturated carbocycles. The van der Waals surface area contributed by atoms with Crippen molar-refractivity contribution in [2.75, 3.05) is 44.3 Å². The Kier molecular flexibility index (Phi) is 5.27. The van der Waals surface area contributed by atoms with Gasteiger partial charge < -0.3 is 19.5 Å². The Morgan fingerprint density at radius 1 is 1.19 bits per heavy atom. The minimum Gasteiger partial charge on any atom is -0.591 e. The summed E-state index contributed by atoms with van der Waals surface area (Å²) in [6, 6.07) is 6.80. The van der Waals surface area contributed by atoms with E-state index in [1.165, 1.54) is 16.8 Å². The Hall–Kier alpha value is -1.08. The average Bonchev–Trinajstić information content (AvgIpc) is 2.94. The van der Waals surface area contributed by atoms with Gasteiger partial charge in [0.05, 0.1) is 13.2 Å². The lowest BCUT2D eigenvalue weighted by Crippen LogP contribution is -2.42. The van der Waals surface area contributed by atoms with Crippen molar-refractivity contribution in [3.8, 4) is 0 Å². The lowest BCUT2D eigenvalue weighted by atomic mass is 9.75. The van der Waals surface area contributed by atoms with E-state index in [2.05, 4.69) is 28.4 Å². The van der Waals surface area contributed by atoms with Gasteiger partial charge in [0.25, 0.3) is 0 Å². The smallest absolute Gasteiger partial charge is 0.144 e. The Morgan fingerprint density at radius 3 is 2.56 bits per heavy atom. The third kappa shape index (κ3) is 3.77. The largest absolute Gasteiger partial charge is 0.591 e. The number of ether oxygens (including phenoxy) is 1. The van der Waals surface area contributed by atoms with Crippen molar-refractivity contribution in [3.63, 3.8) is 0 Å². The molecule has 5 nitrogen and oxygen atoms in total. The van der Waals surface area contributed by atoms with Crippen LogP contribution in [-0.4, -0.2) is 54.4 Å². The summed E-state index contributed by atoms with van der Waals surface area (Å²) < 4.78 is 23.0. The van der Waals surface area contributed by atoms with E-state index in [9.17, 15) is 4.55 Å². The lowest BCUT2D eigenvalue weighted by molar-refractivity contribution is 0.122. The molecule has 2 heterocycles. The van der Waals surface area contributed by atoms with Gasteiger partial charge in [-0.3, -0.25) is 0 Å². The molecule has 2 saturated heterocycles. The van der Waals surface area contributed by atoms with Gasteiger partial charge in [-0.1, -0.05) is 10.5 Å². The second-order valence-corrected chi connectivity index (χ2v) is 10.9. The minimum atomic E-state index is -1.24. The monoisotopic (exact) mass is 389 g/mol. The minimum absolute atomic E-state index is 0.0398. The highest BCUT2D eigenvalue weighted by molar-refractivity contribution is 7.91. The number of hydrogen-bond acceptors (Lipinski definition) is 5. The van der Waals surface area contributed by atoms with Crippen LogP contribution in [0.1, 0.15) is 44.7 Å². The Morgan fingerprint density at radius 2 is 1.89 bits per heavy atom. The van der Waals surface area contributed by atoms with Crippen molar-refractivity contribution < 1.29 is 9.29 Å². The first-order valence-electron chi connectivity index (χ1n) is 10.1. The predicted octanol–water partition coefficient (Wildman–Crippen LogP) is 2.70. The van der Waals surface area contributed by atoms with Crippen molar-refractivity contribution >= 4 is 22.8 Å². The third-order valence-corrected chi connectivity index (χ3v) is 7.41. The molecule has 2 aliphatic heterocycles. The molecule has 1 aromatic rings. The van der Waals surface area contributed by atoms with Crippen LogP contribution in [0.3, 0.4) is 0 Å². The van der Waals surface area contributed by atoms with Gasteiger partial charge in [-0.15, -0.1) is 0 Å². The van der Waals surface area contributed by atoms with Crippen LogP contribution in [0.4, 0.5) is 5.69 Å². The fourth-order valence-electron chi connectivity index (χ4n) is 4.38. The number of nitrogens with zero attached hydrogens (tertiary/aromatic N) is 2. The zero-order valence-corrected chi connectivity index (χ0v) is 17.5. The van der Waals surface area contributed by atoms with E-state index in [1.54, 1.807) is 0 Å². The zero-order valence-electron chi connectivity index (χ0n) is 16.7. The van der Waals surface area contributed by atoms with Crippen LogP contribution in [0.5, 0.6) is 0 Å². The van der Waals surface area contributed by atoms with E-state index in [-0.39, 0.29) is 10.2 Å². The number of hydrogen-bond donors (Lipinski definition) is 1. The van der Waals surface area contributed by atoms with E-state index < -0.39 is 11.4 Å². The maximum Gasteiger partial charge on any atom is 0.144 e. The fourth-order valence-corrected chi connectivity index (χ4v) is 5.11. The summed E-state index contributed by atoms with van der Waals surface area (Å²) >= 11 is -1.24. The molecule has 1 aromatic carbocycles. The van der Waals surface area contributed by atoms with Crippen molar-refractivity contribution in [2.24, 2.45) is 9.81 Å². The number of piperidine rings is 1. The summed E-state index contributed by atoms with van der Waals surface area (Å²) in [6.07, 6.45) is 3.15. The van der Waals surface area contributed by atoms with Crippen LogP contribution in [0.2, 0.25) is 0 Å². The van der Waals surface area contributed by atoms with Gasteiger partial charge in [0.1, 0.15) is 21.8 Å². The quantitative estimate of drug-likeness (QED) is 0.790. The number of rotatable bonds is 2. The van der Waals surface area contributed by atoms with Crippen molar-refractivity contribution in [1.82, 2.24) is 5.32 Å². The van der Waals surface area contributed by atoms with Gasteiger partial charge in [0.2, 0.25) is 0 Å². The maximum absolute atomic E-state index is 12.9. The van der Waals surface area contributed by atoms with Gasteiger partial charge >= 0.3 is 0 Å². The van der Waals surface area contributed by atoms with Crippen LogP contribution in [-0.2, 0) is 22.5 Å². The van der Waals surface area contributed by atoms with Crippen molar-refractivity contribution in [1.29, 1.82) is 0 Å². The molecule has 3 aliphatic rings. The fraction of sp³-hybridized carbons (Fsp3) is 0.667. The van der Waals surface area contributed by atoms with Crippen LogP contribution in [0, 0.1) is 5.41 Å². The molecule has 148 valence electrons. The SMILES string of the molecule is CC(C)(C)[S+]([O-])N=C1c2cc(N3CCOCC3)ccc2CC12CCNCC2. The predicted molar refractivity (Wildman–Crippen MR) is 112 cm³/mol. The number of anilines is 1. The topological polar surface area (TPSA) is 59.9 Å². The first-order valence-corrected chi connectivity index (χ1v) is 11.2. The highest BCUT2D eigenvalue weighted by Crippen LogP contribution is 2.45. The molecule has 4 rings (SSSR count). The molecular weight excluding hydrogens is 358 g/mol. The summed E-state index contributed by atoms with van der Waals surface area (Å²) in [5.41, 5.74) is 4.94. The standard InChI is InChI=1S/C21H31N3O2S/c1-20(2,3)27(25)23-19-18-14-17(24-10-12-26-13-11-24)5-4-16(18)15-21(19)6-8-22-9-7-21/h4-5,14,22H,6-13,15H2,1-3H3. The highest BCUT2D eigenvalue weighted by atomic mass is 32.2. The second kappa shape index (κ2) is 7.39. The molecule has 1 aliphatic carbocycles. The summed E-state index contributed by atoms with van der Waals surface area (Å²) in [6.45, 7) is 11.4. The third-order valence-electron chi connectivity index (χ3n) is 6.01. The molecule has 1 unspecified atom stereocenters. The molecule has 1 atom stereocenters. The molecule has 0 amide bonds. The molecule has 2 fully saturated rings. The normalized spacial score (nSPS) is 25.0. The summed E-state index contributed by atoms with van der Waals surface area (Å²) in [7, 11) is 0. The van der Waals surface area contributed by atoms with Gasteiger partial charge in [-0.25, -0.2) is 0 Å². The Labute approximate surface area is 165 Å². The molecule has 0 aromatic heterocycles. The number of morpholine rings is 1. The van der Waals surface area contributed by atoms with E-state index in [0.29, 0.717) is 0 Å². The molecule has 27 heavy (non-hydrogen) atoms. The van der Waals surface area contributed by atoms with Gasteiger partial charge in [0.15, 0.2) is 0 Å². The summed E-state index contributed by atoms with van der Waals surface area (Å²) in [5.74, 6) is 0. The molecule has 6 heteroatoms. The first-order chi connectivity index (χ1) is 12.9. The molecule has 0 radical (unpaired) electrons. The van der Waals surface area contributed by atoms with Gasteiger partial charge in [-0.2, -0.15) is 0 Å². The molecular formula is C21H31N3O2S. The van der Waals surface area contributed by atoms with E-state index >= 15 is 0 Å². The Bertz CT molecular complexity index is 717. The second-order valence-electron chi connectivity index (χ2n) is 8.95. The van der Waals surface area contributed by atoms with Crippen molar-refractivity contribution in [2.45, 2.75) is 44.8 Å². The molecule has 1 spiro atoms. The number of fused-ring (bicyclic) bond motifs is 1. The number of nitrogens with one attached hydrogen (secondary N) is 1.